The molecule has 88 valence electrons. The number of nitrogens with two attached hydrogens (primary N) is 1. The SMILES string of the molecule is NC1Cc2ccccc2N(Cc2nccs2)C1. The Morgan fingerprint density at radius 3 is 3.12 bits per heavy atom. The summed E-state index contributed by atoms with van der Waals surface area (Å²) in [7, 11) is 0. The number of hydrogen-bond donors (Lipinski definition) is 1. The third-order valence-corrected chi connectivity index (χ3v) is 3.84. The zero-order chi connectivity index (χ0) is 11.7. The van der Waals surface area contributed by atoms with Gasteiger partial charge in [-0.25, -0.2) is 4.98 Å². The predicted molar refractivity (Wildman–Crippen MR) is 71.3 cm³/mol. The molecule has 2 N–H and O–H groups in total. The van der Waals surface area contributed by atoms with Gasteiger partial charge in [-0.2, -0.15) is 0 Å². The molecule has 4 heteroatoms. The maximum Gasteiger partial charge on any atom is 0.112 e. The van der Waals surface area contributed by atoms with Gasteiger partial charge in [0.15, 0.2) is 0 Å². The fourth-order valence-corrected chi connectivity index (χ4v) is 3.00. The summed E-state index contributed by atoms with van der Waals surface area (Å²) in [6.07, 6.45) is 2.83. The third kappa shape index (κ3) is 2.18. The van der Waals surface area contributed by atoms with Crippen LogP contribution in [0.4, 0.5) is 5.69 Å². The van der Waals surface area contributed by atoms with Crippen LogP contribution in [0.2, 0.25) is 0 Å². The maximum absolute atomic E-state index is 6.11. The number of para-hydroxylation sites is 1. The van der Waals surface area contributed by atoms with Gasteiger partial charge in [-0.05, 0) is 18.1 Å². The molecule has 0 aliphatic carbocycles. The summed E-state index contributed by atoms with van der Waals surface area (Å²) in [4.78, 5) is 6.68. The molecule has 0 saturated carbocycles. The van der Waals surface area contributed by atoms with E-state index >= 15 is 0 Å². The second-order valence-corrected chi connectivity index (χ2v) is 5.38. The molecule has 1 atom stereocenters. The minimum atomic E-state index is 0.227. The van der Waals surface area contributed by atoms with Gasteiger partial charge < -0.3 is 10.6 Å². The molecule has 0 amide bonds. The van der Waals surface area contributed by atoms with Gasteiger partial charge in [0.2, 0.25) is 0 Å². The van der Waals surface area contributed by atoms with Crippen LogP contribution in [0.1, 0.15) is 10.6 Å². The molecule has 3 nitrogen and oxygen atoms in total. The summed E-state index contributed by atoms with van der Waals surface area (Å²) in [6.45, 7) is 1.78. The van der Waals surface area contributed by atoms with Crippen LogP contribution in [-0.4, -0.2) is 17.6 Å². The first-order chi connectivity index (χ1) is 8.33. The zero-order valence-electron chi connectivity index (χ0n) is 9.54. The van der Waals surface area contributed by atoms with E-state index in [9.17, 15) is 0 Å². The van der Waals surface area contributed by atoms with Gasteiger partial charge in [0, 0.05) is 29.9 Å². The number of fused-ring (bicyclic) bond motifs is 1. The molecule has 1 aromatic heterocycles. The number of anilines is 1. The van der Waals surface area contributed by atoms with Gasteiger partial charge in [-0.3, -0.25) is 0 Å². The second-order valence-electron chi connectivity index (χ2n) is 4.40. The van der Waals surface area contributed by atoms with Gasteiger partial charge in [0.1, 0.15) is 5.01 Å². The lowest BCUT2D eigenvalue weighted by molar-refractivity contribution is 0.598. The van der Waals surface area contributed by atoms with Gasteiger partial charge in [0.25, 0.3) is 0 Å². The monoisotopic (exact) mass is 245 g/mol. The fraction of sp³-hybridized carbons (Fsp3) is 0.308. The number of nitrogens with zero attached hydrogens (tertiary/aromatic N) is 2. The van der Waals surface area contributed by atoms with E-state index in [1.54, 1.807) is 11.3 Å². The molecule has 2 heterocycles. The topological polar surface area (TPSA) is 42.1 Å². The van der Waals surface area contributed by atoms with E-state index in [0.717, 1.165) is 24.5 Å². The molecule has 17 heavy (non-hydrogen) atoms. The zero-order valence-corrected chi connectivity index (χ0v) is 10.4. The van der Waals surface area contributed by atoms with E-state index in [2.05, 4.69) is 34.1 Å². The van der Waals surface area contributed by atoms with Crippen molar-refractivity contribution in [2.24, 2.45) is 5.73 Å². The highest BCUT2D eigenvalue weighted by atomic mass is 32.1. The summed E-state index contributed by atoms with van der Waals surface area (Å²) < 4.78 is 0. The smallest absolute Gasteiger partial charge is 0.112 e. The van der Waals surface area contributed by atoms with Crippen molar-refractivity contribution in [3.05, 3.63) is 46.4 Å². The van der Waals surface area contributed by atoms with E-state index in [-0.39, 0.29) is 6.04 Å². The highest BCUT2D eigenvalue weighted by Gasteiger charge is 2.21. The Balaban J connectivity index is 1.90. The molecule has 1 aromatic carbocycles. The Kier molecular flexibility index (Phi) is 2.82. The number of benzene rings is 1. The summed E-state index contributed by atoms with van der Waals surface area (Å²) in [5.74, 6) is 0. The lowest BCUT2D eigenvalue weighted by Crippen LogP contribution is -2.42. The van der Waals surface area contributed by atoms with Crippen LogP contribution in [0, 0.1) is 0 Å². The van der Waals surface area contributed by atoms with E-state index in [4.69, 9.17) is 5.73 Å². The Hall–Kier alpha value is -1.39. The molecule has 0 radical (unpaired) electrons. The van der Waals surface area contributed by atoms with Crippen molar-refractivity contribution in [1.29, 1.82) is 0 Å². The first-order valence-corrected chi connectivity index (χ1v) is 6.67. The lowest BCUT2D eigenvalue weighted by atomic mass is 9.98. The molecule has 0 bridgehead atoms. The van der Waals surface area contributed by atoms with Crippen molar-refractivity contribution in [3.8, 4) is 0 Å². The number of rotatable bonds is 2. The Labute approximate surface area is 105 Å². The van der Waals surface area contributed by atoms with Crippen molar-refractivity contribution >= 4 is 17.0 Å². The van der Waals surface area contributed by atoms with Crippen LogP contribution in [0.25, 0.3) is 0 Å². The summed E-state index contributed by atoms with van der Waals surface area (Å²) in [6, 6.07) is 8.74. The first kappa shape index (κ1) is 10.7. The van der Waals surface area contributed by atoms with Gasteiger partial charge >= 0.3 is 0 Å². The van der Waals surface area contributed by atoms with Gasteiger partial charge in [-0.1, -0.05) is 18.2 Å². The Morgan fingerprint density at radius 1 is 1.41 bits per heavy atom. The lowest BCUT2D eigenvalue weighted by Gasteiger charge is -2.34. The van der Waals surface area contributed by atoms with Crippen LogP contribution >= 0.6 is 11.3 Å². The van der Waals surface area contributed by atoms with Crippen molar-refractivity contribution in [2.45, 2.75) is 19.0 Å². The molecule has 0 spiro atoms. The van der Waals surface area contributed by atoms with Gasteiger partial charge in [0.05, 0.1) is 6.54 Å². The first-order valence-electron chi connectivity index (χ1n) is 5.80. The summed E-state index contributed by atoms with van der Waals surface area (Å²) in [5.41, 5.74) is 8.77. The van der Waals surface area contributed by atoms with Crippen LogP contribution in [0.3, 0.4) is 0 Å². The van der Waals surface area contributed by atoms with Crippen molar-refractivity contribution in [2.75, 3.05) is 11.4 Å². The minimum Gasteiger partial charge on any atom is -0.363 e. The highest BCUT2D eigenvalue weighted by Crippen LogP contribution is 2.27. The van der Waals surface area contributed by atoms with Crippen LogP contribution < -0.4 is 10.6 Å². The minimum absolute atomic E-state index is 0.227. The normalized spacial score (nSPS) is 19.1. The third-order valence-electron chi connectivity index (χ3n) is 3.08. The second kappa shape index (κ2) is 4.47. The van der Waals surface area contributed by atoms with Crippen molar-refractivity contribution < 1.29 is 0 Å². The Bertz CT molecular complexity index is 495. The quantitative estimate of drug-likeness (QED) is 0.880. The average molecular weight is 245 g/mol. The van der Waals surface area contributed by atoms with Gasteiger partial charge in [-0.15, -0.1) is 11.3 Å². The van der Waals surface area contributed by atoms with E-state index in [0.29, 0.717) is 0 Å². The van der Waals surface area contributed by atoms with E-state index in [1.165, 1.54) is 11.3 Å². The summed E-state index contributed by atoms with van der Waals surface area (Å²) in [5, 5.41) is 3.17. The molecule has 1 aliphatic heterocycles. The van der Waals surface area contributed by atoms with Crippen molar-refractivity contribution in [1.82, 2.24) is 4.98 Å². The number of thiazole rings is 1. The molecule has 3 rings (SSSR count). The molecule has 2 aromatic rings. The molecule has 0 fully saturated rings. The maximum atomic E-state index is 6.11. The van der Waals surface area contributed by atoms with Crippen molar-refractivity contribution in [3.63, 3.8) is 0 Å². The highest BCUT2D eigenvalue weighted by molar-refractivity contribution is 7.09. The molecular weight excluding hydrogens is 230 g/mol. The number of hydrogen-bond acceptors (Lipinski definition) is 4. The molecule has 0 saturated heterocycles. The van der Waals surface area contributed by atoms with Crippen LogP contribution in [-0.2, 0) is 13.0 Å². The number of aromatic nitrogens is 1. The molecular formula is C13H15N3S. The van der Waals surface area contributed by atoms with E-state index in [1.807, 2.05) is 11.6 Å². The standard InChI is InChI=1S/C13H15N3S/c14-11-7-10-3-1-2-4-12(10)16(8-11)9-13-15-5-6-17-13/h1-6,11H,7-9,14H2. The largest absolute Gasteiger partial charge is 0.363 e. The molecule has 1 aliphatic rings. The average Bonchev–Trinajstić information content (AvgIpc) is 2.81. The van der Waals surface area contributed by atoms with Crippen LogP contribution in [0.5, 0.6) is 0 Å². The summed E-state index contributed by atoms with van der Waals surface area (Å²) >= 11 is 1.70. The fourth-order valence-electron chi connectivity index (χ4n) is 2.36. The van der Waals surface area contributed by atoms with E-state index < -0.39 is 0 Å². The van der Waals surface area contributed by atoms with Crippen LogP contribution in [0.15, 0.2) is 35.8 Å². The Morgan fingerprint density at radius 2 is 2.29 bits per heavy atom. The molecule has 1 unspecified atom stereocenters. The predicted octanol–water partition coefficient (Wildman–Crippen LogP) is 2.03.